The van der Waals surface area contributed by atoms with Gasteiger partial charge in [-0.3, -0.25) is 9.59 Å². The minimum atomic E-state index is -1.13. The summed E-state index contributed by atoms with van der Waals surface area (Å²) in [5.74, 6) is 0.239. The molecular weight excluding hydrogens is 517 g/mol. The van der Waals surface area contributed by atoms with Crippen LogP contribution in [0, 0.1) is 0 Å². The van der Waals surface area contributed by atoms with Crippen molar-refractivity contribution in [3.63, 3.8) is 0 Å². The van der Waals surface area contributed by atoms with E-state index in [9.17, 15) is 9.59 Å². The number of hydrogen-bond acceptors (Lipinski definition) is 6. The summed E-state index contributed by atoms with van der Waals surface area (Å²) in [6.45, 7) is 2.05. The van der Waals surface area contributed by atoms with E-state index in [0.29, 0.717) is 38.4 Å². The third-order valence-corrected chi connectivity index (χ3v) is 6.65. The first-order valence-electron chi connectivity index (χ1n) is 11.7. The van der Waals surface area contributed by atoms with Gasteiger partial charge >= 0.3 is 5.97 Å². The van der Waals surface area contributed by atoms with Gasteiger partial charge in [0.25, 0.3) is 5.91 Å². The number of amides is 1. The number of halogens is 2. The standard InChI is InChI=1S/C28H27Cl2NO6/c1-4-36-26(32)15-25-28(33)31(16-17-9-11-19(34-2)14-24(17)35-3)23-12-10-18(29)13-21(23)27(37-25)20-7-5-6-8-22(20)30/h5-14,25,27H,4,15-16H2,1-3H3/t25-,27-/m0/s1. The van der Waals surface area contributed by atoms with Gasteiger partial charge in [0.1, 0.15) is 23.7 Å². The van der Waals surface area contributed by atoms with Gasteiger partial charge in [0, 0.05) is 32.8 Å². The van der Waals surface area contributed by atoms with Gasteiger partial charge in [-0.15, -0.1) is 0 Å². The molecule has 1 aliphatic rings. The Morgan fingerprint density at radius 1 is 1.00 bits per heavy atom. The van der Waals surface area contributed by atoms with E-state index >= 15 is 0 Å². The number of fused-ring (bicyclic) bond motifs is 1. The van der Waals surface area contributed by atoms with Crippen LogP contribution in [0.3, 0.4) is 0 Å². The minimum absolute atomic E-state index is 0.151. The van der Waals surface area contributed by atoms with Crippen LogP contribution in [-0.4, -0.2) is 38.8 Å². The van der Waals surface area contributed by atoms with E-state index in [2.05, 4.69) is 0 Å². The molecule has 1 amide bonds. The molecule has 0 radical (unpaired) electrons. The zero-order valence-corrected chi connectivity index (χ0v) is 22.2. The predicted octanol–water partition coefficient (Wildman–Crippen LogP) is 5.99. The van der Waals surface area contributed by atoms with Gasteiger partial charge in [-0.1, -0.05) is 41.4 Å². The summed E-state index contributed by atoms with van der Waals surface area (Å²) in [5, 5.41) is 0.934. The van der Waals surface area contributed by atoms with E-state index < -0.39 is 24.1 Å². The Labute approximate surface area is 225 Å². The number of anilines is 1. The molecule has 0 unspecified atom stereocenters. The van der Waals surface area contributed by atoms with Crippen molar-refractivity contribution < 1.29 is 28.5 Å². The van der Waals surface area contributed by atoms with Gasteiger partial charge in [-0.05, 0) is 43.3 Å². The minimum Gasteiger partial charge on any atom is -0.497 e. The molecule has 1 aliphatic heterocycles. The second-order valence-corrected chi connectivity index (χ2v) is 9.18. The van der Waals surface area contributed by atoms with Crippen LogP contribution in [0.1, 0.15) is 36.1 Å². The second kappa shape index (κ2) is 11.9. The smallest absolute Gasteiger partial charge is 0.308 e. The molecule has 0 saturated carbocycles. The van der Waals surface area contributed by atoms with Crippen molar-refractivity contribution in [1.82, 2.24) is 0 Å². The largest absolute Gasteiger partial charge is 0.497 e. The maximum absolute atomic E-state index is 14.0. The summed E-state index contributed by atoms with van der Waals surface area (Å²) in [5.41, 5.74) is 2.62. The Kier molecular flexibility index (Phi) is 8.59. The normalized spacial score (nSPS) is 17.1. The zero-order chi connectivity index (χ0) is 26.5. The molecule has 1 heterocycles. The van der Waals surface area contributed by atoms with E-state index in [1.807, 2.05) is 24.3 Å². The molecule has 0 spiro atoms. The highest BCUT2D eigenvalue weighted by Gasteiger charge is 2.39. The predicted molar refractivity (Wildman–Crippen MR) is 142 cm³/mol. The molecule has 3 aromatic carbocycles. The SMILES string of the molecule is CCOC(=O)C[C@@H]1O[C@@H](c2ccccc2Cl)c2cc(Cl)ccc2N(Cc2ccc(OC)cc2OC)C1=O. The highest BCUT2D eigenvalue weighted by molar-refractivity contribution is 6.31. The van der Waals surface area contributed by atoms with Gasteiger partial charge in [-0.25, -0.2) is 0 Å². The summed E-state index contributed by atoms with van der Waals surface area (Å²) < 4.78 is 22.4. The fourth-order valence-corrected chi connectivity index (χ4v) is 4.74. The fraction of sp³-hybridized carbons (Fsp3) is 0.286. The molecule has 4 rings (SSSR count). The highest BCUT2D eigenvalue weighted by atomic mass is 35.5. The number of nitrogens with zero attached hydrogens (tertiary/aromatic N) is 1. The Balaban J connectivity index is 1.86. The summed E-state index contributed by atoms with van der Waals surface area (Å²) in [7, 11) is 3.12. The van der Waals surface area contributed by atoms with Gasteiger partial charge in [0.15, 0.2) is 0 Å². The van der Waals surface area contributed by atoms with Crippen molar-refractivity contribution in [3.05, 3.63) is 87.4 Å². The molecule has 7 nitrogen and oxygen atoms in total. The number of rotatable bonds is 8. The molecule has 3 aromatic rings. The molecule has 0 saturated heterocycles. The first-order valence-corrected chi connectivity index (χ1v) is 12.5. The van der Waals surface area contributed by atoms with Crippen molar-refractivity contribution in [2.24, 2.45) is 0 Å². The third-order valence-electron chi connectivity index (χ3n) is 6.07. The van der Waals surface area contributed by atoms with Crippen molar-refractivity contribution >= 4 is 40.8 Å². The van der Waals surface area contributed by atoms with Gasteiger partial charge < -0.3 is 23.8 Å². The van der Waals surface area contributed by atoms with Gasteiger partial charge in [0.05, 0.1) is 39.5 Å². The van der Waals surface area contributed by atoms with Crippen LogP contribution in [0.25, 0.3) is 0 Å². The van der Waals surface area contributed by atoms with Crippen LogP contribution < -0.4 is 14.4 Å². The molecule has 0 aliphatic carbocycles. The molecule has 0 bridgehead atoms. The van der Waals surface area contributed by atoms with Gasteiger partial charge in [-0.2, -0.15) is 0 Å². The van der Waals surface area contributed by atoms with Crippen LogP contribution >= 0.6 is 23.2 Å². The van der Waals surface area contributed by atoms with Crippen molar-refractivity contribution in [1.29, 1.82) is 0 Å². The third kappa shape index (κ3) is 5.85. The number of benzene rings is 3. The second-order valence-electron chi connectivity index (χ2n) is 8.34. The van der Waals surface area contributed by atoms with E-state index in [4.69, 9.17) is 42.1 Å². The Morgan fingerprint density at radius 3 is 2.49 bits per heavy atom. The van der Waals surface area contributed by atoms with Crippen molar-refractivity contribution in [3.8, 4) is 11.5 Å². The maximum Gasteiger partial charge on any atom is 0.308 e. The zero-order valence-electron chi connectivity index (χ0n) is 20.7. The number of esters is 1. The Morgan fingerprint density at radius 2 is 1.78 bits per heavy atom. The monoisotopic (exact) mass is 543 g/mol. The maximum atomic E-state index is 14.0. The number of carbonyl (C=O) groups is 2. The molecule has 194 valence electrons. The molecule has 9 heteroatoms. The average molecular weight is 544 g/mol. The topological polar surface area (TPSA) is 74.3 Å². The number of methoxy groups -OCH3 is 2. The lowest BCUT2D eigenvalue weighted by atomic mass is 9.99. The first-order chi connectivity index (χ1) is 17.9. The quantitative estimate of drug-likeness (QED) is 0.325. The summed E-state index contributed by atoms with van der Waals surface area (Å²) >= 11 is 13.0. The number of ether oxygens (including phenoxy) is 4. The van der Waals surface area contributed by atoms with Gasteiger partial charge in [0.2, 0.25) is 0 Å². The molecule has 0 fully saturated rings. The van der Waals surface area contributed by atoms with E-state index in [-0.39, 0.29) is 19.6 Å². The lowest BCUT2D eigenvalue weighted by molar-refractivity contribution is -0.151. The van der Waals surface area contributed by atoms with Crippen LogP contribution in [-0.2, 0) is 25.6 Å². The van der Waals surface area contributed by atoms with Crippen LogP contribution in [0.15, 0.2) is 60.7 Å². The van der Waals surface area contributed by atoms with Crippen LogP contribution in [0.2, 0.25) is 10.0 Å². The van der Waals surface area contributed by atoms with E-state index in [1.165, 1.54) is 0 Å². The van der Waals surface area contributed by atoms with Crippen LogP contribution in [0.5, 0.6) is 11.5 Å². The Bertz CT molecular complexity index is 1300. The van der Waals surface area contributed by atoms with E-state index in [0.717, 1.165) is 5.56 Å². The first kappa shape index (κ1) is 26.8. The average Bonchev–Trinajstić information content (AvgIpc) is 2.99. The summed E-state index contributed by atoms with van der Waals surface area (Å²) in [6, 6.07) is 17.8. The summed E-state index contributed by atoms with van der Waals surface area (Å²) in [4.78, 5) is 28.1. The molecule has 37 heavy (non-hydrogen) atoms. The summed E-state index contributed by atoms with van der Waals surface area (Å²) in [6.07, 6.45) is -2.14. The van der Waals surface area contributed by atoms with Crippen molar-refractivity contribution in [2.45, 2.75) is 32.1 Å². The highest BCUT2D eigenvalue weighted by Crippen LogP contribution is 2.43. The van der Waals surface area contributed by atoms with Crippen molar-refractivity contribution in [2.75, 3.05) is 25.7 Å². The fourth-order valence-electron chi connectivity index (χ4n) is 4.32. The molecular formula is C28H27Cl2NO6. The number of hydrogen-bond donors (Lipinski definition) is 0. The molecule has 2 atom stereocenters. The van der Waals surface area contributed by atoms with E-state index in [1.54, 1.807) is 62.4 Å². The molecule has 0 N–H and O–H groups in total. The molecule has 0 aromatic heterocycles. The lowest BCUT2D eigenvalue weighted by Crippen LogP contribution is -2.40. The number of carbonyl (C=O) groups excluding carboxylic acids is 2. The lowest BCUT2D eigenvalue weighted by Gasteiger charge is -2.26. The van der Waals surface area contributed by atoms with Crippen LogP contribution in [0.4, 0.5) is 5.69 Å². The Hall–Kier alpha value is -3.26.